The van der Waals surface area contributed by atoms with Crippen LogP contribution in [0.3, 0.4) is 0 Å². The molecule has 1 saturated carbocycles. The van der Waals surface area contributed by atoms with Crippen molar-refractivity contribution in [3.8, 4) is 0 Å². The minimum absolute atomic E-state index is 0. The van der Waals surface area contributed by atoms with Crippen LogP contribution in [0.5, 0.6) is 0 Å². The summed E-state index contributed by atoms with van der Waals surface area (Å²) < 4.78 is 0. The molecule has 0 heteroatoms. The maximum absolute atomic E-state index is 1.50. The molecule has 0 radical (unpaired) electrons. The molecule has 0 atom stereocenters. The Labute approximate surface area is 47.9 Å². The first-order chi connectivity index (χ1) is 2.50. The van der Waals surface area contributed by atoms with Crippen LogP contribution in [0, 0.1) is 0 Å². The van der Waals surface area contributed by atoms with Crippen LogP contribution in [0.4, 0.5) is 0 Å². The first-order valence-corrected chi connectivity index (χ1v) is 2.50. The van der Waals surface area contributed by atoms with E-state index in [2.05, 4.69) is 0 Å². The Balaban J connectivity index is 0. The Kier molecular flexibility index (Phi) is 8.64. The third kappa shape index (κ3) is 3.84. The predicted octanol–water partition coefficient (Wildman–Crippen LogP) is 3.22. The molecule has 0 nitrogen and oxygen atoms in total. The fourth-order valence-corrected chi connectivity index (χ4v) is 0.884. The molecule has 0 spiro atoms. The van der Waals surface area contributed by atoms with Gasteiger partial charge in [0.1, 0.15) is 0 Å². The summed E-state index contributed by atoms with van der Waals surface area (Å²) in [6, 6.07) is 0. The van der Waals surface area contributed by atoms with Gasteiger partial charge in [0, 0.05) is 0 Å². The van der Waals surface area contributed by atoms with Crippen molar-refractivity contribution in [1.82, 2.24) is 0 Å². The molecule has 0 amide bonds. The van der Waals surface area contributed by atoms with E-state index in [1.54, 1.807) is 0 Å². The van der Waals surface area contributed by atoms with Gasteiger partial charge in [-0.3, -0.25) is 0 Å². The van der Waals surface area contributed by atoms with Crippen molar-refractivity contribution in [2.75, 3.05) is 0 Å². The third-order valence-corrected chi connectivity index (χ3v) is 1.25. The zero-order chi connectivity index (χ0) is 3.54. The summed E-state index contributed by atoms with van der Waals surface area (Å²) in [7, 11) is 0. The van der Waals surface area contributed by atoms with Gasteiger partial charge in [-0.05, 0) is 0 Å². The lowest BCUT2D eigenvalue weighted by Gasteiger charge is -1.67. The van der Waals surface area contributed by atoms with Crippen molar-refractivity contribution in [2.24, 2.45) is 0 Å². The van der Waals surface area contributed by atoms with E-state index in [1.165, 1.54) is 32.1 Å². The SMILES string of the molecule is C.C.C1CCCC1. The molecule has 46 valence electrons. The summed E-state index contributed by atoms with van der Waals surface area (Å²) in [6.07, 6.45) is 7.50. The summed E-state index contributed by atoms with van der Waals surface area (Å²) in [5.41, 5.74) is 0. The Bertz CT molecular complexity index is 11.6. The Morgan fingerprint density at radius 1 is 0.429 bits per heavy atom. The van der Waals surface area contributed by atoms with Gasteiger partial charge in [-0.1, -0.05) is 47.0 Å². The summed E-state index contributed by atoms with van der Waals surface area (Å²) >= 11 is 0. The topological polar surface area (TPSA) is 0 Å². The quantitative estimate of drug-likeness (QED) is 0.440. The number of hydrogen-bond donors (Lipinski definition) is 0. The number of rotatable bonds is 0. The largest absolute Gasteiger partial charge is 0.0776 e. The van der Waals surface area contributed by atoms with Crippen molar-refractivity contribution in [1.29, 1.82) is 0 Å². The van der Waals surface area contributed by atoms with E-state index in [1.807, 2.05) is 0 Å². The second-order valence-corrected chi connectivity index (χ2v) is 1.77. The van der Waals surface area contributed by atoms with Gasteiger partial charge >= 0.3 is 0 Å². The lowest BCUT2D eigenvalue weighted by molar-refractivity contribution is 0.886. The highest BCUT2D eigenvalue weighted by Gasteiger charge is 1.95. The van der Waals surface area contributed by atoms with Crippen molar-refractivity contribution in [3.63, 3.8) is 0 Å². The predicted molar refractivity (Wildman–Crippen MR) is 36.5 cm³/mol. The molecule has 7 heavy (non-hydrogen) atoms. The van der Waals surface area contributed by atoms with E-state index in [0.717, 1.165) is 0 Å². The molecule has 0 aliphatic heterocycles. The number of hydrogen-bond acceptors (Lipinski definition) is 0. The second-order valence-electron chi connectivity index (χ2n) is 1.77. The van der Waals surface area contributed by atoms with Gasteiger partial charge in [0.15, 0.2) is 0 Å². The summed E-state index contributed by atoms with van der Waals surface area (Å²) in [5.74, 6) is 0. The molecule has 0 N–H and O–H groups in total. The van der Waals surface area contributed by atoms with Crippen molar-refractivity contribution in [3.05, 3.63) is 0 Å². The lowest BCUT2D eigenvalue weighted by Crippen LogP contribution is -1.47. The molecule has 0 aromatic carbocycles. The molecule has 0 saturated heterocycles. The van der Waals surface area contributed by atoms with Crippen LogP contribution in [0.1, 0.15) is 47.0 Å². The van der Waals surface area contributed by atoms with Crippen LogP contribution < -0.4 is 0 Å². The van der Waals surface area contributed by atoms with Gasteiger partial charge in [0.25, 0.3) is 0 Å². The van der Waals surface area contributed by atoms with E-state index in [-0.39, 0.29) is 14.9 Å². The minimum atomic E-state index is 0. The van der Waals surface area contributed by atoms with Crippen LogP contribution >= 0.6 is 0 Å². The monoisotopic (exact) mass is 102 g/mol. The molecule has 1 aliphatic carbocycles. The average molecular weight is 102 g/mol. The third-order valence-electron chi connectivity index (χ3n) is 1.25. The molecule has 1 aliphatic rings. The second kappa shape index (κ2) is 6.00. The molecule has 0 heterocycles. The van der Waals surface area contributed by atoms with Gasteiger partial charge in [-0.15, -0.1) is 0 Å². The zero-order valence-corrected chi connectivity index (χ0v) is 3.54. The highest BCUT2D eigenvalue weighted by molar-refractivity contribution is 4.51. The van der Waals surface area contributed by atoms with E-state index in [4.69, 9.17) is 0 Å². The van der Waals surface area contributed by atoms with Crippen molar-refractivity contribution < 1.29 is 0 Å². The molecular weight excluding hydrogens is 84.1 g/mol. The highest BCUT2D eigenvalue weighted by Crippen LogP contribution is 2.15. The maximum atomic E-state index is 1.50. The normalized spacial score (nSPS) is 17.1. The van der Waals surface area contributed by atoms with E-state index >= 15 is 0 Å². The fourth-order valence-electron chi connectivity index (χ4n) is 0.884. The summed E-state index contributed by atoms with van der Waals surface area (Å²) in [4.78, 5) is 0. The van der Waals surface area contributed by atoms with E-state index < -0.39 is 0 Å². The van der Waals surface area contributed by atoms with Gasteiger partial charge < -0.3 is 0 Å². The molecule has 0 aromatic rings. The summed E-state index contributed by atoms with van der Waals surface area (Å²) in [5, 5.41) is 0. The van der Waals surface area contributed by atoms with Crippen LogP contribution in [-0.2, 0) is 0 Å². The van der Waals surface area contributed by atoms with Crippen LogP contribution in [-0.4, -0.2) is 0 Å². The molecule has 1 rings (SSSR count). The Morgan fingerprint density at radius 3 is 0.714 bits per heavy atom. The van der Waals surface area contributed by atoms with Gasteiger partial charge in [-0.25, -0.2) is 0 Å². The van der Waals surface area contributed by atoms with Crippen molar-refractivity contribution in [2.45, 2.75) is 47.0 Å². The van der Waals surface area contributed by atoms with Crippen LogP contribution in [0.15, 0.2) is 0 Å². The Morgan fingerprint density at radius 2 is 0.571 bits per heavy atom. The minimum Gasteiger partial charge on any atom is -0.0776 e. The first-order valence-electron chi connectivity index (χ1n) is 2.50. The van der Waals surface area contributed by atoms with Gasteiger partial charge in [0.2, 0.25) is 0 Å². The highest BCUT2D eigenvalue weighted by atomic mass is 14.0. The average Bonchev–Trinajstić information content (AvgIpc) is 1.76. The fraction of sp³-hybridized carbons (Fsp3) is 1.00. The van der Waals surface area contributed by atoms with E-state index in [0.29, 0.717) is 0 Å². The van der Waals surface area contributed by atoms with Crippen LogP contribution in [0.25, 0.3) is 0 Å². The lowest BCUT2D eigenvalue weighted by atomic mass is 10.4. The molecule has 0 bridgehead atoms. The van der Waals surface area contributed by atoms with E-state index in [9.17, 15) is 0 Å². The Hall–Kier alpha value is 0. The van der Waals surface area contributed by atoms with Crippen LogP contribution in [0.2, 0.25) is 0 Å². The van der Waals surface area contributed by atoms with Gasteiger partial charge in [0.05, 0.1) is 0 Å². The molecule has 0 aromatic heterocycles. The smallest absolute Gasteiger partial charge is 0.0533 e. The molecular formula is C7H18. The first kappa shape index (κ1) is 10.1. The zero-order valence-electron chi connectivity index (χ0n) is 3.54. The maximum Gasteiger partial charge on any atom is -0.0533 e. The molecule has 1 fully saturated rings. The summed E-state index contributed by atoms with van der Waals surface area (Å²) in [6.45, 7) is 0. The van der Waals surface area contributed by atoms with Gasteiger partial charge in [-0.2, -0.15) is 0 Å². The standard InChI is InChI=1S/C5H10.2CH4/c1-2-4-5-3-1;;/h1-5H2;2*1H4. The van der Waals surface area contributed by atoms with Crippen molar-refractivity contribution >= 4 is 0 Å². The molecule has 0 unspecified atom stereocenters.